The van der Waals surface area contributed by atoms with Gasteiger partial charge in [-0.25, -0.2) is 4.98 Å². The van der Waals surface area contributed by atoms with E-state index in [0.717, 1.165) is 42.3 Å². The lowest BCUT2D eigenvalue weighted by atomic mass is 9.97. The van der Waals surface area contributed by atoms with Gasteiger partial charge in [-0.1, -0.05) is 0 Å². The number of rotatable bonds is 5. The van der Waals surface area contributed by atoms with Crippen LogP contribution in [0.3, 0.4) is 0 Å². The molecule has 1 saturated carbocycles. The Morgan fingerprint density at radius 2 is 2.21 bits per heavy atom. The third-order valence-electron chi connectivity index (χ3n) is 4.64. The zero-order valence-electron chi connectivity index (χ0n) is 13.7. The predicted molar refractivity (Wildman–Crippen MR) is 98.8 cm³/mol. The molecular formula is C17H21N3O2S2. The Hall–Kier alpha value is -1.34. The Morgan fingerprint density at radius 3 is 3.00 bits per heavy atom. The first-order chi connectivity index (χ1) is 11.6. The Kier molecular flexibility index (Phi) is 4.39. The summed E-state index contributed by atoms with van der Waals surface area (Å²) >= 11 is 3.19. The second kappa shape index (κ2) is 6.52. The second-order valence-corrected chi connectivity index (χ2v) is 9.05. The van der Waals surface area contributed by atoms with Crippen molar-refractivity contribution in [1.82, 2.24) is 15.3 Å². The molecule has 1 amide bonds. The van der Waals surface area contributed by atoms with Crippen LogP contribution in [0.25, 0.3) is 10.2 Å². The van der Waals surface area contributed by atoms with E-state index in [1.807, 2.05) is 6.92 Å². The molecule has 7 heteroatoms. The molecule has 4 rings (SSSR count). The highest BCUT2D eigenvalue weighted by Gasteiger charge is 2.26. The van der Waals surface area contributed by atoms with E-state index in [9.17, 15) is 9.59 Å². The van der Waals surface area contributed by atoms with E-state index in [2.05, 4.69) is 15.3 Å². The van der Waals surface area contributed by atoms with Crippen LogP contribution >= 0.6 is 23.1 Å². The molecule has 2 N–H and O–H groups in total. The van der Waals surface area contributed by atoms with Gasteiger partial charge in [-0.2, -0.15) is 0 Å². The molecule has 128 valence electrons. The number of thioether (sulfide) groups is 1. The van der Waals surface area contributed by atoms with Crippen molar-refractivity contribution < 1.29 is 4.79 Å². The Bertz CT molecular complexity index is 838. The highest BCUT2D eigenvalue weighted by molar-refractivity contribution is 7.99. The summed E-state index contributed by atoms with van der Waals surface area (Å²) in [7, 11) is 0. The quantitative estimate of drug-likeness (QED) is 0.857. The van der Waals surface area contributed by atoms with Gasteiger partial charge in [0.25, 0.3) is 5.56 Å². The number of aromatic amines is 1. The largest absolute Gasteiger partial charge is 0.352 e. The standard InChI is InChI=1S/C17H21N3O2S2/c1-9(15(21)18-10-6-7-10)23-8-13-19-16(22)14-11-4-2-3-5-12(11)24-17(14)20-13/h9-10H,2-8H2,1H3,(H,18,21)(H,19,20,22). The van der Waals surface area contributed by atoms with Gasteiger partial charge in [-0.15, -0.1) is 23.1 Å². The monoisotopic (exact) mass is 363 g/mol. The molecule has 2 aliphatic carbocycles. The first-order valence-corrected chi connectivity index (χ1v) is 10.4. The Balaban J connectivity index is 1.50. The first kappa shape index (κ1) is 16.1. The average Bonchev–Trinajstić information content (AvgIpc) is 3.29. The summed E-state index contributed by atoms with van der Waals surface area (Å²) in [5, 5.41) is 3.67. The van der Waals surface area contributed by atoms with Crippen LogP contribution in [0.2, 0.25) is 0 Å². The van der Waals surface area contributed by atoms with Crippen molar-refractivity contribution >= 4 is 39.2 Å². The van der Waals surface area contributed by atoms with Crippen molar-refractivity contribution in [2.75, 3.05) is 0 Å². The van der Waals surface area contributed by atoms with Gasteiger partial charge in [0.1, 0.15) is 10.7 Å². The number of thiophene rings is 1. The minimum absolute atomic E-state index is 0.0231. The topological polar surface area (TPSA) is 74.8 Å². The fourth-order valence-electron chi connectivity index (χ4n) is 3.10. The van der Waals surface area contributed by atoms with E-state index in [4.69, 9.17) is 0 Å². The number of nitrogens with zero attached hydrogens (tertiary/aromatic N) is 1. The number of hydrogen-bond acceptors (Lipinski definition) is 5. The number of amides is 1. The third kappa shape index (κ3) is 3.24. The molecule has 2 aliphatic rings. The molecule has 0 saturated heterocycles. The van der Waals surface area contributed by atoms with Gasteiger partial charge in [0.15, 0.2) is 0 Å². The van der Waals surface area contributed by atoms with Gasteiger partial charge in [0.2, 0.25) is 5.91 Å². The molecule has 2 heterocycles. The number of carbonyl (C=O) groups excluding carboxylic acids is 1. The van der Waals surface area contributed by atoms with Gasteiger partial charge in [-0.05, 0) is 51.0 Å². The summed E-state index contributed by atoms with van der Waals surface area (Å²) in [5.74, 6) is 1.30. The highest BCUT2D eigenvalue weighted by atomic mass is 32.2. The van der Waals surface area contributed by atoms with Crippen molar-refractivity contribution in [1.29, 1.82) is 0 Å². The highest BCUT2D eigenvalue weighted by Crippen LogP contribution is 2.33. The molecule has 1 unspecified atom stereocenters. The van der Waals surface area contributed by atoms with Crippen LogP contribution in [-0.2, 0) is 23.4 Å². The lowest BCUT2D eigenvalue weighted by Gasteiger charge is -2.11. The van der Waals surface area contributed by atoms with Crippen LogP contribution in [0.4, 0.5) is 0 Å². The summed E-state index contributed by atoms with van der Waals surface area (Å²) in [6.45, 7) is 1.91. The smallest absolute Gasteiger partial charge is 0.259 e. The SMILES string of the molecule is CC(SCc1nc2sc3c(c2c(=O)[nH]1)CCCC3)C(=O)NC1CC1. The van der Waals surface area contributed by atoms with Gasteiger partial charge < -0.3 is 10.3 Å². The van der Waals surface area contributed by atoms with Crippen LogP contribution in [0.15, 0.2) is 4.79 Å². The van der Waals surface area contributed by atoms with Crippen LogP contribution in [-0.4, -0.2) is 27.2 Å². The fraction of sp³-hybridized carbons (Fsp3) is 0.588. The molecule has 24 heavy (non-hydrogen) atoms. The van der Waals surface area contributed by atoms with Crippen molar-refractivity contribution in [3.8, 4) is 0 Å². The molecule has 0 aromatic carbocycles. The van der Waals surface area contributed by atoms with Crippen LogP contribution in [0.5, 0.6) is 0 Å². The van der Waals surface area contributed by atoms with E-state index in [-0.39, 0.29) is 16.7 Å². The lowest BCUT2D eigenvalue weighted by molar-refractivity contribution is -0.120. The van der Waals surface area contributed by atoms with Crippen LogP contribution in [0, 0.1) is 0 Å². The predicted octanol–water partition coefficient (Wildman–Crippen LogP) is 2.76. The molecule has 5 nitrogen and oxygen atoms in total. The van der Waals surface area contributed by atoms with Gasteiger partial charge in [0.05, 0.1) is 16.4 Å². The zero-order valence-corrected chi connectivity index (χ0v) is 15.3. The number of aryl methyl sites for hydroxylation is 2. The number of H-pyrrole nitrogens is 1. The maximum Gasteiger partial charge on any atom is 0.259 e. The summed E-state index contributed by atoms with van der Waals surface area (Å²) in [5.41, 5.74) is 1.19. The van der Waals surface area contributed by atoms with Gasteiger partial charge in [0, 0.05) is 10.9 Å². The van der Waals surface area contributed by atoms with Crippen LogP contribution in [0.1, 0.15) is 48.9 Å². The Labute approximate surface area is 148 Å². The number of aromatic nitrogens is 2. The van der Waals surface area contributed by atoms with Gasteiger partial charge in [-0.3, -0.25) is 9.59 Å². The van der Waals surface area contributed by atoms with E-state index in [1.165, 1.54) is 28.6 Å². The minimum Gasteiger partial charge on any atom is -0.352 e. The first-order valence-electron chi connectivity index (χ1n) is 8.57. The molecule has 0 aliphatic heterocycles. The van der Waals surface area contributed by atoms with E-state index in [1.54, 1.807) is 11.3 Å². The zero-order chi connectivity index (χ0) is 16.7. The number of carbonyl (C=O) groups is 1. The van der Waals surface area contributed by atoms with E-state index >= 15 is 0 Å². The van der Waals surface area contributed by atoms with Gasteiger partial charge >= 0.3 is 0 Å². The normalized spacial score (nSPS) is 18.4. The summed E-state index contributed by atoms with van der Waals surface area (Å²) < 4.78 is 0. The van der Waals surface area contributed by atoms with E-state index < -0.39 is 0 Å². The number of hydrogen-bond donors (Lipinski definition) is 2. The molecule has 1 atom stereocenters. The van der Waals surface area contributed by atoms with Crippen molar-refractivity contribution in [3.05, 3.63) is 26.6 Å². The second-order valence-electron chi connectivity index (χ2n) is 6.64. The molecule has 2 aromatic heterocycles. The molecule has 0 spiro atoms. The summed E-state index contributed by atoms with van der Waals surface area (Å²) in [6.07, 6.45) is 6.61. The molecule has 0 bridgehead atoms. The van der Waals surface area contributed by atoms with Crippen molar-refractivity contribution in [2.24, 2.45) is 0 Å². The lowest BCUT2D eigenvalue weighted by Crippen LogP contribution is -2.32. The minimum atomic E-state index is -0.136. The maximum absolute atomic E-state index is 12.5. The Morgan fingerprint density at radius 1 is 1.42 bits per heavy atom. The van der Waals surface area contributed by atoms with Crippen molar-refractivity contribution in [3.63, 3.8) is 0 Å². The molecule has 0 radical (unpaired) electrons. The van der Waals surface area contributed by atoms with E-state index in [0.29, 0.717) is 17.6 Å². The summed E-state index contributed by atoms with van der Waals surface area (Å²) in [4.78, 5) is 34.3. The molecular weight excluding hydrogens is 342 g/mol. The average molecular weight is 364 g/mol. The third-order valence-corrected chi connectivity index (χ3v) is 6.98. The summed E-state index contributed by atoms with van der Waals surface area (Å²) in [6, 6.07) is 0.382. The number of nitrogens with one attached hydrogen (secondary N) is 2. The van der Waals surface area contributed by atoms with Crippen LogP contribution < -0.4 is 10.9 Å². The molecule has 1 fully saturated rings. The number of fused-ring (bicyclic) bond motifs is 3. The molecule has 2 aromatic rings. The fourth-order valence-corrected chi connectivity index (χ4v) is 5.15. The maximum atomic E-state index is 12.5. The van der Waals surface area contributed by atoms with Crippen molar-refractivity contribution in [2.45, 2.75) is 62.5 Å².